The van der Waals surface area contributed by atoms with E-state index in [1.165, 1.54) is 5.56 Å². The second-order valence-electron chi connectivity index (χ2n) is 5.59. The fourth-order valence-corrected chi connectivity index (χ4v) is 2.98. The first-order valence-corrected chi connectivity index (χ1v) is 8.85. The van der Waals surface area contributed by atoms with Gasteiger partial charge in [-0.05, 0) is 42.9 Å². The second-order valence-corrected chi connectivity index (χ2v) is 6.43. The van der Waals surface area contributed by atoms with Gasteiger partial charge in [0.2, 0.25) is 0 Å². The van der Waals surface area contributed by atoms with Crippen LogP contribution in [0.5, 0.6) is 0 Å². The van der Waals surface area contributed by atoms with Gasteiger partial charge in [0, 0.05) is 40.8 Å². The van der Waals surface area contributed by atoms with Crippen LogP contribution in [0.25, 0.3) is 10.9 Å². The summed E-state index contributed by atoms with van der Waals surface area (Å²) in [5.41, 5.74) is 6.22. The Morgan fingerprint density at radius 3 is 2.72 bits per heavy atom. The minimum Gasteiger partial charge on any atom is -0.362 e. The number of nitrogens with one attached hydrogen (secondary N) is 2. The molecule has 0 fully saturated rings. The lowest BCUT2D eigenvalue weighted by Crippen LogP contribution is -2.31. The van der Waals surface area contributed by atoms with Gasteiger partial charge in [0.05, 0.1) is 6.21 Å². The molecule has 6 heteroatoms. The number of fused-ring (bicyclic) bond motifs is 1. The third-order valence-corrected chi connectivity index (χ3v) is 4.28. The molecule has 25 heavy (non-hydrogen) atoms. The van der Waals surface area contributed by atoms with E-state index in [9.17, 15) is 0 Å². The summed E-state index contributed by atoms with van der Waals surface area (Å²) >= 11 is 11.1. The number of para-hydroxylation sites is 1. The summed E-state index contributed by atoms with van der Waals surface area (Å²) in [5.74, 6) is 0. The van der Waals surface area contributed by atoms with Crippen molar-refractivity contribution in [3.63, 3.8) is 0 Å². The summed E-state index contributed by atoms with van der Waals surface area (Å²) in [7, 11) is 0. The van der Waals surface area contributed by atoms with E-state index in [2.05, 4.69) is 38.7 Å². The van der Waals surface area contributed by atoms with Crippen molar-refractivity contribution in [3.8, 4) is 0 Å². The molecule has 3 aromatic rings. The molecule has 0 aliphatic rings. The van der Waals surface area contributed by atoms with Crippen LogP contribution in [0.3, 0.4) is 0 Å². The van der Waals surface area contributed by atoms with Gasteiger partial charge in [-0.1, -0.05) is 41.9 Å². The summed E-state index contributed by atoms with van der Waals surface area (Å²) in [6.07, 6.45) is 3.89. The summed E-state index contributed by atoms with van der Waals surface area (Å²) in [6.45, 7) is 3.53. The maximum atomic E-state index is 5.97. The molecule has 1 aromatic heterocycles. The van der Waals surface area contributed by atoms with Crippen LogP contribution in [-0.2, 0) is 6.54 Å². The topological polar surface area (TPSA) is 41.4 Å². The lowest BCUT2D eigenvalue weighted by Gasteiger charge is -2.05. The van der Waals surface area contributed by atoms with Gasteiger partial charge in [0.1, 0.15) is 0 Å². The van der Waals surface area contributed by atoms with Crippen molar-refractivity contribution in [2.24, 2.45) is 5.10 Å². The maximum Gasteiger partial charge on any atom is 0.186 e. The summed E-state index contributed by atoms with van der Waals surface area (Å²) in [5, 5.41) is 9.65. The Balaban J connectivity index is 1.86. The molecule has 128 valence electrons. The highest BCUT2D eigenvalue weighted by Gasteiger charge is 2.07. The number of benzene rings is 2. The lowest BCUT2D eigenvalue weighted by atomic mass is 10.2. The maximum absolute atomic E-state index is 5.97. The zero-order valence-corrected chi connectivity index (χ0v) is 15.4. The van der Waals surface area contributed by atoms with Crippen molar-refractivity contribution in [1.29, 1.82) is 0 Å². The number of rotatable bonds is 5. The molecular formula is C19H19ClN4S. The molecule has 0 unspecified atom stereocenters. The van der Waals surface area contributed by atoms with Crippen molar-refractivity contribution in [1.82, 2.24) is 15.3 Å². The van der Waals surface area contributed by atoms with Crippen LogP contribution in [0.1, 0.15) is 18.1 Å². The van der Waals surface area contributed by atoms with Gasteiger partial charge in [-0.2, -0.15) is 5.10 Å². The molecule has 3 rings (SSSR count). The van der Waals surface area contributed by atoms with Crippen molar-refractivity contribution >= 4 is 46.0 Å². The molecule has 1 heterocycles. The standard InChI is InChI=1S/C19H19ClN4S/c1-2-21-19(25)23-22-11-15-13-24(18-6-4-3-5-17(15)18)12-14-7-9-16(20)10-8-14/h3-11,13H,2,12H2,1H3,(H2,21,23,25)/b22-11-. The first kappa shape index (κ1) is 17.5. The normalized spacial score (nSPS) is 11.1. The second kappa shape index (κ2) is 8.14. The zero-order valence-electron chi connectivity index (χ0n) is 13.9. The van der Waals surface area contributed by atoms with Gasteiger partial charge in [-0.15, -0.1) is 0 Å². The molecule has 0 atom stereocenters. The molecule has 0 amide bonds. The fourth-order valence-electron chi connectivity index (χ4n) is 2.66. The van der Waals surface area contributed by atoms with Crippen LogP contribution in [0.4, 0.5) is 0 Å². The van der Waals surface area contributed by atoms with E-state index in [0.717, 1.165) is 34.6 Å². The smallest absolute Gasteiger partial charge is 0.186 e. The molecule has 0 aliphatic heterocycles. The Bertz CT molecular complexity index is 899. The highest BCUT2D eigenvalue weighted by Crippen LogP contribution is 2.21. The van der Waals surface area contributed by atoms with Crippen molar-refractivity contribution in [2.45, 2.75) is 13.5 Å². The van der Waals surface area contributed by atoms with Gasteiger partial charge < -0.3 is 9.88 Å². The zero-order chi connectivity index (χ0) is 17.6. The predicted molar refractivity (Wildman–Crippen MR) is 109 cm³/mol. The van der Waals surface area contributed by atoms with Crippen LogP contribution in [0.2, 0.25) is 5.02 Å². The minimum absolute atomic E-state index is 0.517. The number of aromatic nitrogens is 1. The number of halogens is 1. The van der Waals surface area contributed by atoms with E-state index in [-0.39, 0.29) is 0 Å². The number of nitrogens with zero attached hydrogens (tertiary/aromatic N) is 2. The highest BCUT2D eigenvalue weighted by atomic mass is 35.5. The van der Waals surface area contributed by atoms with Crippen molar-refractivity contribution in [2.75, 3.05) is 6.54 Å². The first-order chi connectivity index (χ1) is 12.2. The highest BCUT2D eigenvalue weighted by molar-refractivity contribution is 7.80. The van der Waals surface area contributed by atoms with Crippen molar-refractivity contribution in [3.05, 3.63) is 70.9 Å². The SMILES string of the molecule is CCNC(=S)N/N=C\c1cn(Cc2ccc(Cl)cc2)c2ccccc12. The van der Waals surface area contributed by atoms with E-state index < -0.39 is 0 Å². The first-order valence-electron chi connectivity index (χ1n) is 8.06. The molecule has 0 bridgehead atoms. The fraction of sp³-hybridized carbons (Fsp3) is 0.158. The molecule has 0 saturated carbocycles. The molecule has 2 N–H and O–H groups in total. The molecule has 0 radical (unpaired) electrons. The summed E-state index contributed by atoms with van der Waals surface area (Å²) in [4.78, 5) is 0. The Hall–Kier alpha value is -2.37. The lowest BCUT2D eigenvalue weighted by molar-refractivity contribution is 0.836. The van der Waals surface area contributed by atoms with Gasteiger partial charge in [0.25, 0.3) is 0 Å². The van der Waals surface area contributed by atoms with E-state index in [4.69, 9.17) is 23.8 Å². The minimum atomic E-state index is 0.517. The number of hydrogen-bond donors (Lipinski definition) is 2. The molecule has 0 spiro atoms. The van der Waals surface area contributed by atoms with E-state index in [0.29, 0.717) is 5.11 Å². The third-order valence-electron chi connectivity index (χ3n) is 3.79. The van der Waals surface area contributed by atoms with Crippen LogP contribution in [-0.4, -0.2) is 22.4 Å². The van der Waals surface area contributed by atoms with Gasteiger partial charge in [-0.25, -0.2) is 0 Å². The molecule has 0 aliphatic carbocycles. The Labute approximate surface area is 157 Å². The number of thiocarbonyl (C=S) groups is 1. The van der Waals surface area contributed by atoms with Gasteiger partial charge >= 0.3 is 0 Å². The number of hydrogen-bond acceptors (Lipinski definition) is 2. The molecule has 0 saturated heterocycles. The van der Waals surface area contributed by atoms with E-state index in [1.807, 2.05) is 43.3 Å². The van der Waals surface area contributed by atoms with E-state index in [1.54, 1.807) is 6.21 Å². The average Bonchev–Trinajstić information content (AvgIpc) is 2.95. The van der Waals surface area contributed by atoms with Crippen LogP contribution in [0.15, 0.2) is 59.8 Å². The number of hydrazone groups is 1. The molecule has 4 nitrogen and oxygen atoms in total. The Morgan fingerprint density at radius 2 is 1.96 bits per heavy atom. The summed E-state index contributed by atoms with van der Waals surface area (Å²) < 4.78 is 2.21. The van der Waals surface area contributed by atoms with Crippen LogP contribution >= 0.6 is 23.8 Å². The van der Waals surface area contributed by atoms with Crippen LogP contribution in [0, 0.1) is 0 Å². The van der Waals surface area contributed by atoms with E-state index >= 15 is 0 Å². The Morgan fingerprint density at radius 1 is 1.20 bits per heavy atom. The van der Waals surface area contributed by atoms with Crippen LogP contribution < -0.4 is 10.7 Å². The van der Waals surface area contributed by atoms with Crippen molar-refractivity contribution < 1.29 is 0 Å². The summed E-state index contributed by atoms with van der Waals surface area (Å²) in [6, 6.07) is 16.2. The van der Waals surface area contributed by atoms with Gasteiger partial charge in [0.15, 0.2) is 5.11 Å². The molecular weight excluding hydrogens is 352 g/mol. The Kier molecular flexibility index (Phi) is 5.68. The predicted octanol–water partition coefficient (Wildman–Crippen LogP) is 4.16. The monoisotopic (exact) mass is 370 g/mol. The third kappa shape index (κ3) is 4.38. The van der Waals surface area contributed by atoms with Gasteiger partial charge in [-0.3, -0.25) is 5.43 Å². The average molecular weight is 371 g/mol. The molecule has 2 aromatic carbocycles. The quantitative estimate of drug-likeness (QED) is 0.402. The largest absolute Gasteiger partial charge is 0.362 e.